The van der Waals surface area contributed by atoms with Gasteiger partial charge in [0.1, 0.15) is 5.76 Å². The second-order valence-corrected chi connectivity index (χ2v) is 11.7. The predicted octanol–water partition coefficient (Wildman–Crippen LogP) is 1.59. The molecule has 3 aliphatic heterocycles. The number of aromatic nitrogens is 1. The molecule has 0 amide bonds. The van der Waals surface area contributed by atoms with Gasteiger partial charge < -0.3 is 28.4 Å². The number of ether oxygens (including phenoxy) is 3. The fourth-order valence-electron chi connectivity index (χ4n) is 5.67. The lowest BCUT2D eigenvalue weighted by atomic mass is 9.93. The topological polar surface area (TPSA) is 99.9 Å². The van der Waals surface area contributed by atoms with Crippen LogP contribution in [0.2, 0.25) is 0 Å². The van der Waals surface area contributed by atoms with Crippen molar-refractivity contribution >= 4 is 35.0 Å². The minimum atomic E-state index is -0.804. The van der Waals surface area contributed by atoms with Crippen LogP contribution in [-0.2, 0) is 9.53 Å². The molecule has 11 heteroatoms. The highest BCUT2D eigenvalue weighted by Gasteiger charge is 2.36. The van der Waals surface area contributed by atoms with E-state index in [4.69, 9.17) is 23.6 Å². The zero-order valence-electron chi connectivity index (χ0n) is 23.9. The molecular weight excluding hydrogens is 568 g/mol. The number of nitrogens with one attached hydrogen (secondary N) is 1. The maximum absolute atomic E-state index is 14.1. The first-order valence-corrected chi connectivity index (χ1v) is 15.2. The monoisotopic (exact) mass is 599 g/mol. The Hall–Kier alpha value is -4.61. The molecule has 7 rings (SSSR count). The highest BCUT2D eigenvalue weighted by Crippen LogP contribution is 2.40. The molecule has 3 aliphatic rings. The van der Waals surface area contributed by atoms with E-state index in [1.165, 1.54) is 16.2 Å². The molecule has 0 spiro atoms. The number of likely N-dealkylation sites (N-methyl/N-ethyl adjacent to an activating group) is 1. The quantitative estimate of drug-likeness (QED) is 0.336. The standard InChI is InChI=1S/C32H30N4O6S/c1-3-39-31(38)27-28(20-7-5-4-6-8-20)33-32-36(29(27)21-9-11-23-24(17-21)41-19-40-23)30(37)25(43-32)18-22-10-12-26(42-22)35-15-13-34(2)14-16-35/h4-12,17-18,29H,3,13-16,19H2,1-2H3/p+1/b25-18+/t29-/m1/s1. The van der Waals surface area contributed by atoms with Crippen molar-refractivity contribution in [1.82, 2.24) is 4.57 Å². The van der Waals surface area contributed by atoms with Gasteiger partial charge >= 0.3 is 5.97 Å². The molecule has 2 aromatic carbocycles. The molecule has 0 aliphatic carbocycles. The zero-order chi connectivity index (χ0) is 29.5. The Kier molecular flexibility index (Phi) is 7.12. The number of rotatable bonds is 6. The number of quaternary nitrogens is 1. The van der Waals surface area contributed by atoms with E-state index in [1.54, 1.807) is 23.6 Å². The average molecular weight is 600 g/mol. The molecule has 2 aromatic heterocycles. The van der Waals surface area contributed by atoms with Gasteiger partial charge in [0, 0.05) is 17.7 Å². The number of anilines is 1. The largest absolute Gasteiger partial charge is 0.463 e. The summed E-state index contributed by atoms with van der Waals surface area (Å²) in [5.74, 6) is 2.00. The molecule has 0 saturated carbocycles. The maximum atomic E-state index is 14.1. The number of hydrogen-bond donors (Lipinski definition) is 1. The van der Waals surface area contributed by atoms with Crippen molar-refractivity contribution in [3.8, 4) is 11.5 Å². The molecule has 1 fully saturated rings. The second-order valence-electron chi connectivity index (χ2n) is 10.7. The van der Waals surface area contributed by atoms with E-state index in [1.807, 2.05) is 54.6 Å². The number of esters is 1. The van der Waals surface area contributed by atoms with Crippen molar-refractivity contribution in [3.63, 3.8) is 0 Å². The Balaban J connectivity index is 1.39. The highest BCUT2D eigenvalue weighted by molar-refractivity contribution is 7.07. The van der Waals surface area contributed by atoms with Gasteiger partial charge in [-0.2, -0.15) is 0 Å². The van der Waals surface area contributed by atoms with Crippen molar-refractivity contribution < 1.29 is 28.3 Å². The normalized spacial score (nSPS) is 18.5. The minimum Gasteiger partial charge on any atom is -0.463 e. The van der Waals surface area contributed by atoms with Crippen molar-refractivity contribution in [2.75, 3.05) is 51.5 Å². The Morgan fingerprint density at radius 3 is 2.67 bits per heavy atom. The van der Waals surface area contributed by atoms with Gasteiger partial charge in [-0.05, 0) is 30.7 Å². The molecule has 0 bridgehead atoms. The van der Waals surface area contributed by atoms with Crippen LogP contribution in [0.3, 0.4) is 0 Å². The number of thiazole rings is 1. The molecule has 0 unspecified atom stereocenters. The van der Waals surface area contributed by atoms with E-state index in [-0.39, 0.29) is 24.5 Å². The molecule has 0 radical (unpaired) electrons. The Bertz CT molecular complexity index is 1900. The van der Waals surface area contributed by atoms with Crippen LogP contribution in [0.15, 0.2) is 80.4 Å². The van der Waals surface area contributed by atoms with Gasteiger partial charge in [-0.3, -0.25) is 9.36 Å². The number of carbonyl (C=O) groups excluding carboxylic acids is 1. The third kappa shape index (κ3) is 5.04. The fourth-order valence-corrected chi connectivity index (χ4v) is 6.65. The summed E-state index contributed by atoms with van der Waals surface area (Å²) < 4.78 is 24.9. The first-order valence-electron chi connectivity index (χ1n) is 14.3. The molecule has 10 nitrogen and oxygen atoms in total. The van der Waals surface area contributed by atoms with Crippen LogP contribution >= 0.6 is 11.3 Å². The fraction of sp³-hybridized carbons (Fsp3) is 0.281. The average Bonchev–Trinajstić information content (AvgIpc) is 3.76. The van der Waals surface area contributed by atoms with Gasteiger partial charge in [0.05, 0.1) is 61.7 Å². The third-order valence-electron chi connectivity index (χ3n) is 7.90. The van der Waals surface area contributed by atoms with Gasteiger partial charge in [0.15, 0.2) is 22.2 Å². The van der Waals surface area contributed by atoms with Crippen molar-refractivity contribution in [2.24, 2.45) is 4.99 Å². The Morgan fingerprint density at radius 2 is 1.88 bits per heavy atom. The van der Waals surface area contributed by atoms with Crippen LogP contribution < -0.4 is 34.2 Å². The molecule has 1 saturated heterocycles. The number of benzene rings is 2. The zero-order valence-corrected chi connectivity index (χ0v) is 24.7. The molecule has 43 heavy (non-hydrogen) atoms. The van der Waals surface area contributed by atoms with Crippen LogP contribution in [0.5, 0.6) is 11.5 Å². The van der Waals surface area contributed by atoms with Gasteiger partial charge in [0.2, 0.25) is 6.79 Å². The number of fused-ring (bicyclic) bond motifs is 2. The predicted molar refractivity (Wildman–Crippen MR) is 161 cm³/mol. The summed E-state index contributed by atoms with van der Waals surface area (Å²) in [7, 11) is 2.19. The summed E-state index contributed by atoms with van der Waals surface area (Å²) in [6.07, 6.45) is 1.75. The number of carbonyl (C=O) groups is 1. The van der Waals surface area contributed by atoms with Crippen molar-refractivity contribution in [1.29, 1.82) is 0 Å². The van der Waals surface area contributed by atoms with Crippen molar-refractivity contribution in [3.05, 3.63) is 103 Å². The van der Waals surface area contributed by atoms with Crippen LogP contribution in [0, 0.1) is 0 Å². The Morgan fingerprint density at radius 1 is 1.09 bits per heavy atom. The maximum Gasteiger partial charge on any atom is 0.338 e. The lowest BCUT2D eigenvalue weighted by Gasteiger charge is -2.29. The van der Waals surface area contributed by atoms with E-state index >= 15 is 0 Å². The van der Waals surface area contributed by atoms with Gasteiger partial charge in [-0.15, -0.1) is 0 Å². The summed E-state index contributed by atoms with van der Waals surface area (Å²) in [5, 5.41) is 0. The van der Waals surface area contributed by atoms with E-state index in [0.29, 0.717) is 37.9 Å². The number of piperazine rings is 1. The van der Waals surface area contributed by atoms with Gasteiger partial charge in [-0.25, -0.2) is 9.79 Å². The van der Waals surface area contributed by atoms with Crippen LogP contribution in [-0.4, -0.2) is 57.2 Å². The highest BCUT2D eigenvalue weighted by atomic mass is 32.1. The smallest absolute Gasteiger partial charge is 0.338 e. The summed E-state index contributed by atoms with van der Waals surface area (Å²) >= 11 is 1.26. The molecule has 1 N–H and O–H groups in total. The summed E-state index contributed by atoms with van der Waals surface area (Å²) in [6, 6.07) is 18.0. The number of nitrogens with zero attached hydrogens (tertiary/aromatic N) is 3. The van der Waals surface area contributed by atoms with E-state index in [2.05, 4.69) is 11.9 Å². The van der Waals surface area contributed by atoms with Crippen LogP contribution in [0.25, 0.3) is 11.8 Å². The molecule has 4 aromatic rings. The number of hydrogen-bond acceptors (Lipinski definition) is 9. The lowest BCUT2D eigenvalue weighted by molar-refractivity contribution is -0.880. The molecular formula is C32H31N4O6S+. The van der Waals surface area contributed by atoms with Crippen LogP contribution in [0.1, 0.15) is 29.9 Å². The van der Waals surface area contributed by atoms with E-state index in [9.17, 15) is 9.59 Å². The first-order chi connectivity index (χ1) is 21.0. The van der Waals surface area contributed by atoms with E-state index in [0.717, 1.165) is 37.6 Å². The Labute approximate surface area is 251 Å². The van der Waals surface area contributed by atoms with Crippen molar-refractivity contribution in [2.45, 2.75) is 13.0 Å². The van der Waals surface area contributed by atoms with Gasteiger partial charge in [0.25, 0.3) is 5.56 Å². The summed E-state index contributed by atoms with van der Waals surface area (Å²) in [4.78, 5) is 36.9. The minimum absolute atomic E-state index is 0.109. The SMILES string of the molecule is CCOC(=O)C1=C(c2ccccc2)N=c2s/c(=C/c3ccc(N4CC[NH+](C)CC4)o3)c(=O)n2[C@@H]1c1ccc2c(c1)OCO2. The summed E-state index contributed by atoms with van der Waals surface area (Å²) in [5.41, 5.74) is 1.90. The van der Waals surface area contributed by atoms with Gasteiger partial charge in [-0.1, -0.05) is 47.7 Å². The third-order valence-corrected chi connectivity index (χ3v) is 8.88. The summed E-state index contributed by atoms with van der Waals surface area (Å²) in [6.45, 7) is 5.95. The lowest BCUT2D eigenvalue weighted by Crippen LogP contribution is -3.12. The second kappa shape index (κ2) is 11.2. The first kappa shape index (κ1) is 27.2. The number of furan rings is 1. The molecule has 220 valence electrons. The van der Waals surface area contributed by atoms with Crippen LogP contribution in [0.4, 0.5) is 5.88 Å². The molecule has 1 atom stereocenters. The molecule has 5 heterocycles. The van der Waals surface area contributed by atoms with E-state index < -0.39 is 12.0 Å².